The molecule has 0 saturated heterocycles. The number of carbonyl (C=O) groups excluding carboxylic acids is 1. The van der Waals surface area contributed by atoms with Gasteiger partial charge in [-0.25, -0.2) is 0 Å². The molecule has 136 valence electrons. The molecule has 4 aliphatic carbocycles. The number of amides is 1. The summed E-state index contributed by atoms with van der Waals surface area (Å²) in [4.78, 5) is 11.4. The number of aliphatic hydroxyl groups is 1. The van der Waals surface area contributed by atoms with E-state index in [9.17, 15) is 18.7 Å². The fourth-order valence-corrected chi connectivity index (χ4v) is 6.54. The predicted octanol–water partition coefficient (Wildman–Crippen LogP) is 3.66. The van der Waals surface area contributed by atoms with Gasteiger partial charge < -0.3 is 10.4 Å². The second kappa shape index (κ2) is 5.92. The molecule has 1 amide bonds. The first-order valence-electron chi connectivity index (χ1n) is 8.84. The molecule has 4 saturated carbocycles. The van der Waals surface area contributed by atoms with Crippen molar-refractivity contribution >= 4 is 17.5 Å². The Balaban J connectivity index is 1.71. The minimum absolute atomic E-state index is 0.131. The SMILES string of the molecule is O=C(NC(c1ccccc1)[C@H]1[C@H]2C[C@@H]3C[C@](Cl)(C2)C[C@@]1(O)C3)C(F)F. The van der Waals surface area contributed by atoms with Gasteiger partial charge in [-0.3, -0.25) is 4.79 Å². The van der Waals surface area contributed by atoms with Crippen LogP contribution in [0.1, 0.15) is 43.7 Å². The number of halogens is 3. The lowest BCUT2D eigenvalue weighted by molar-refractivity contribution is -0.176. The summed E-state index contributed by atoms with van der Waals surface area (Å²) in [5.41, 5.74) is -0.257. The Morgan fingerprint density at radius 2 is 1.96 bits per heavy atom. The van der Waals surface area contributed by atoms with Crippen molar-refractivity contribution in [3.63, 3.8) is 0 Å². The van der Waals surface area contributed by atoms with Gasteiger partial charge in [-0.05, 0) is 49.5 Å². The van der Waals surface area contributed by atoms with E-state index in [1.165, 1.54) is 0 Å². The van der Waals surface area contributed by atoms with Gasteiger partial charge in [-0.15, -0.1) is 11.6 Å². The molecule has 1 aromatic rings. The molecular weight excluding hydrogens is 348 g/mol. The lowest BCUT2D eigenvalue weighted by Gasteiger charge is -2.63. The molecule has 0 aliphatic heterocycles. The van der Waals surface area contributed by atoms with Crippen molar-refractivity contribution in [2.24, 2.45) is 17.8 Å². The van der Waals surface area contributed by atoms with Gasteiger partial charge in [0.25, 0.3) is 5.91 Å². The normalized spacial score (nSPS) is 40.3. The fourth-order valence-electron chi connectivity index (χ4n) is 5.89. The van der Waals surface area contributed by atoms with Crippen LogP contribution in [0, 0.1) is 17.8 Å². The molecule has 1 aromatic carbocycles. The van der Waals surface area contributed by atoms with Gasteiger partial charge >= 0.3 is 6.43 Å². The topological polar surface area (TPSA) is 49.3 Å². The highest BCUT2D eigenvalue weighted by atomic mass is 35.5. The van der Waals surface area contributed by atoms with Crippen LogP contribution in [0.3, 0.4) is 0 Å². The van der Waals surface area contributed by atoms with Gasteiger partial charge in [0.2, 0.25) is 0 Å². The van der Waals surface area contributed by atoms with Gasteiger partial charge in [0.05, 0.1) is 11.6 Å². The van der Waals surface area contributed by atoms with Crippen molar-refractivity contribution in [3.05, 3.63) is 35.9 Å². The number of nitrogens with one attached hydrogen (secondary N) is 1. The first-order valence-corrected chi connectivity index (χ1v) is 9.22. The van der Waals surface area contributed by atoms with Gasteiger partial charge in [-0.2, -0.15) is 8.78 Å². The van der Waals surface area contributed by atoms with Crippen LogP contribution >= 0.6 is 11.6 Å². The first-order chi connectivity index (χ1) is 11.8. The van der Waals surface area contributed by atoms with Crippen molar-refractivity contribution in [2.75, 3.05) is 0 Å². The number of alkyl halides is 3. The van der Waals surface area contributed by atoms with Crippen molar-refractivity contribution in [3.8, 4) is 0 Å². The number of benzene rings is 1. The Morgan fingerprint density at radius 1 is 1.24 bits per heavy atom. The maximum atomic E-state index is 12.9. The Labute approximate surface area is 150 Å². The van der Waals surface area contributed by atoms with E-state index in [0.717, 1.165) is 24.8 Å². The van der Waals surface area contributed by atoms with Crippen LogP contribution < -0.4 is 5.32 Å². The third-order valence-electron chi connectivity index (χ3n) is 6.33. The molecule has 0 radical (unpaired) electrons. The summed E-state index contributed by atoms with van der Waals surface area (Å²) >= 11 is 6.73. The molecular formula is C19H22ClF2NO2. The quantitative estimate of drug-likeness (QED) is 0.796. The zero-order chi connectivity index (χ0) is 17.8. The molecule has 0 heterocycles. The minimum atomic E-state index is -3.07. The Hall–Kier alpha value is -1.20. The molecule has 6 heteroatoms. The van der Waals surface area contributed by atoms with Crippen LogP contribution in [-0.4, -0.2) is 27.9 Å². The van der Waals surface area contributed by atoms with Gasteiger partial charge in [0.15, 0.2) is 0 Å². The molecule has 0 spiro atoms. The minimum Gasteiger partial charge on any atom is -0.389 e. The van der Waals surface area contributed by atoms with Crippen molar-refractivity contribution in [2.45, 2.75) is 55.0 Å². The lowest BCUT2D eigenvalue weighted by atomic mass is 9.47. The average Bonchev–Trinajstić information content (AvgIpc) is 2.51. The van der Waals surface area contributed by atoms with Crippen LogP contribution in [0.4, 0.5) is 8.78 Å². The van der Waals surface area contributed by atoms with E-state index in [2.05, 4.69) is 5.32 Å². The van der Waals surface area contributed by atoms with E-state index in [4.69, 9.17) is 11.6 Å². The number of rotatable bonds is 4. The van der Waals surface area contributed by atoms with Crippen LogP contribution in [0.15, 0.2) is 30.3 Å². The summed E-state index contributed by atoms with van der Waals surface area (Å²) in [6.45, 7) is 0. The second-order valence-electron chi connectivity index (χ2n) is 8.13. The summed E-state index contributed by atoms with van der Waals surface area (Å²) in [6.07, 6.45) is 0.654. The Bertz CT molecular complexity index is 673. The molecule has 5 rings (SSSR count). The highest BCUT2D eigenvalue weighted by Gasteiger charge is 2.63. The van der Waals surface area contributed by atoms with Crippen LogP contribution in [0.2, 0.25) is 0 Å². The standard InChI is InChI=1S/C19H22ClF2NO2/c20-18-7-11-6-13(9-18)14(19(25,8-11)10-18)15(23-17(24)16(21)22)12-4-2-1-3-5-12/h1-5,11,13-16,25H,6-10H2,(H,23,24)/t11-,13+,14-,15?,18+,19+/m1/s1. The maximum Gasteiger partial charge on any atom is 0.315 e. The van der Waals surface area contributed by atoms with E-state index < -0.39 is 24.0 Å². The summed E-state index contributed by atoms with van der Waals surface area (Å²) in [7, 11) is 0. The van der Waals surface area contributed by atoms with Crippen molar-refractivity contribution < 1.29 is 18.7 Å². The molecule has 4 aliphatic rings. The summed E-state index contributed by atoms with van der Waals surface area (Å²) in [5, 5.41) is 13.9. The summed E-state index contributed by atoms with van der Waals surface area (Å²) < 4.78 is 25.8. The highest BCUT2D eigenvalue weighted by molar-refractivity contribution is 6.24. The molecule has 3 nitrogen and oxygen atoms in total. The smallest absolute Gasteiger partial charge is 0.315 e. The summed E-state index contributed by atoms with van der Waals surface area (Å²) in [6, 6.07) is 8.50. The van der Waals surface area contributed by atoms with E-state index in [1.807, 2.05) is 30.3 Å². The van der Waals surface area contributed by atoms with E-state index in [-0.39, 0.29) is 16.7 Å². The van der Waals surface area contributed by atoms with Crippen molar-refractivity contribution in [1.29, 1.82) is 0 Å². The van der Waals surface area contributed by atoms with Gasteiger partial charge in [0.1, 0.15) is 0 Å². The average molecular weight is 370 g/mol. The van der Waals surface area contributed by atoms with Gasteiger partial charge in [0, 0.05) is 10.8 Å². The predicted molar refractivity (Wildman–Crippen MR) is 90.4 cm³/mol. The first kappa shape index (κ1) is 17.2. The Morgan fingerprint density at radius 3 is 2.56 bits per heavy atom. The number of hydrogen-bond donors (Lipinski definition) is 2. The van der Waals surface area contributed by atoms with Gasteiger partial charge in [-0.1, -0.05) is 30.3 Å². The van der Waals surface area contributed by atoms with Crippen molar-refractivity contribution in [1.82, 2.24) is 5.32 Å². The molecule has 0 aromatic heterocycles. The number of carbonyl (C=O) groups is 1. The highest BCUT2D eigenvalue weighted by Crippen LogP contribution is 2.64. The molecule has 6 atom stereocenters. The van der Waals surface area contributed by atoms with Crippen LogP contribution in [-0.2, 0) is 4.79 Å². The summed E-state index contributed by atoms with van der Waals surface area (Å²) in [5.74, 6) is -1.06. The largest absolute Gasteiger partial charge is 0.389 e. The lowest BCUT2D eigenvalue weighted by Crippen LogP contribution is -2.64. The van der Waals surface area contributed by atoms with E-state index in [0.29, 0.717) is 18.8 Å². The fraction of sp³-hybridized carbons (Fsp3) is 0.632. The molecule has 1 unspecified atom stereocenters. The second-order valence-corrected chi connectivity index (χ2v) is 8.93. The molecule has 4 fully saturated rings. The zero-order valence-electron chi connectivity index (χ0n) is 13.8. The third-order valence-corrected chi connectivity index (χ3v) is 6.77. The zero-order valence-corrected chi connectivity index (χ0v) is 14.6. The third kappa shape index (κ3) is 2.95. The number of hydrogen-bond acceptors (Lipinski definition) is 2. The Kier molecular flexibility index (Phi) is 4.08. The molecule has 25 heavy (non-hydrogen) atoms. The maximum absolute atomic E-state index is 12.9. The van der Waals surface area contributed by atoms with Crippen LogP contribution in [0.25, 0.3) is 0 Å². The molecule has 4 bridgehead atoms. The van der Waals surface area contributed by atoms with E-state index in [1.54, 1.807) is 0 Å². The molecule has 2 N–H and O–H groups in total. The van der Waals surface area contributed by atoms with E-state index >= 15 is 0 Å². The monoisotopic (exact) mass is 369 g/mol. The van der Waals surface area contributed by atoms with Crippen LogP contribution in [0.5, 0.6) is 0 Å².